The first-order valence-electron chi connectivity index (χ1n) is 7.05. The maximum atomic E-state index is 6.24. The molecular formula is C14H14BrN7. The number of nitrogen functional groups attached to an aromatic ring is 1. The first-order chi connectivity index (χ1) is 10.8. The highest BCUT2D eigenvalue weighted by Gasteiger charge is 2.23. The van der Waals surface area contributed by atoms with Crippen molar-refractivity contribution in [2.24, 2.45) is 4.99 Å². The highest BCUT2D eigenvalue weighted by molar-refractivity contribution is 9.10. The van der Waals surface area contributed by atoms with Crippen LogP contribution in [0.1, 0.15) is 24.5 Å². The second-order valence-corrected chi connectivity index (χ2v) is 6.09. The summed E-state index contributed by atoms with van der Waals surface area (Å²) in [5.74, 6) is 0.836. The molecule has 4 rings (SSSR count). The molecule has 0 fully saturated rings. The number of nitrogens with zero attached hydrogens (tertiary/aromatic N) is 5. The molecule has 0 bridgehead atoms. The van der Waals surface area contributed by atoms with Crippen LogP contribution in [0.2, 0.25) is 0 Å². The molecule has 7 nitrogen and oxygen atoms in total. The summed E-state index contributed by atoms with van der Waals surface area (Å²) in [5, 5.41) is 11.1. The fourth-order valence-corrected chi connectivity index (χ4v) is 3.35. The van der Waals surface area contributed by atoms with Crippen molar-refractivity contribution in [1.82, 2.24) is 24.8 Å². The Kier molecular flexibility index (Phi) is 3.18. The third-order valence-corrected chi connectivity index (χ3v) is 4.76. The van der Waals surface area contributed by atoms with Gasteiger partial charge in [0, 0.05) is 29.8 Å². The number of fused-ring (bicyclic) bond motifs is 1. The van der Waals surface area contributed by atoms with Crippen LogP contribution < -0.4 is 5.73 Å². The van der Waals surface area contributed by atoms with Gasteiger partial charge >= 0.3 is 0 Å². The highest BCUT2D eigenvalue weighted by atomic mass is 79.9. The highest BCUT2D eigenvalue weighted by Crippen LogP contribution is 2.35. The molecule has 0 saturated carbocycles. The van der Waals surface area contributed by atoms with Crippen molar-refractivity contribution < 1.29 is 0 Å². The Hall–Kier alpha value is -2.22. The van der Waals surface area contributed by atoms with Crippen LogP contribution in [0.5, 0.6) is 0 Å². The Morgan fingerprint density at radius 3 is 3.00 bits per heavy atom. The van der Waals surface area contributed by atoms with E-state index in [4.69, 9.17) is 10.7 Å². The standard InChI is InChI=1S/C14H14BrN7/c15-11-12(8-2-1-3-17-4-8)21-14-10(9-5-18-19-6-9)7-20-22(14)13(11)16/h3,5-8H,1-2,4,16H2,(H,18,19). The number of aromatic amines is 1. The minimum absolute atomic E-state index is 0.277. The number of nitrogens with two attached hydrogens (primary N) is 1. The van der Waals surface area contributed by atoms with E-state index < -0.39 is 0 Å². The van der Waals surface area contributed by atoms with Crippen LogP contribution in [-0.4, -0.2) is 37.6 Å². The molecule has 0 aromatic carbocycles. The molecule has 4 heterocycles. The summed E-state index contributed by atoms with van der Waals surface area (Å²) in [7, 11) is 0. The first-order valence-corrected chi connectivity index (χ1v) is 7.85. The molecule has 0 amide bonds. The number of aromatic nitrogens is 5. The Morgan fingerprint density at radius 1 is 1.36 bits per heavy atom. The second-order valence-electron chi connectivity index (χ2n) is 5.30. The fourth-order valence-electron chi connectivity index (χ4n) is 2.77. The second kappa shape index (κ2) is 5.20. The topological polar surface area (TPSA) is 97.2 Å². The van der Waals surface area contributed by atoms with Crippen LogP contribution in [0.25, 0.3) is 16.8 Å². The van der Waals surface area contributed by atoms with Crippen molar-refractivity contribution in [1.29, 1.82) is 0 Å². The zero-order valence-electron chi connectivity index (χ0n) is 11.7. The number of anilines is 1. The molecule has 3 N–H and O–H groups in total. The van der Waals surface area contributed by atoms with E-state index in [-0.39, 0.29) is 5.92 Å². The van der Waals surface area contributed by atoms with Gasteiger partial charge in [0.15, 0.2) is 5.65 Å². The van der Waals surface area contributed by atoms with E-state index in [1.54, 1.807) is 16.9 Å². The van der Waals surface area contributed by atoms with Gasteiger partial charge in [0.25, 0.3) is 0 Å². The first kappa shape index (κ1) is 13.4. The largest absolute Gasteiger partial charge is 0.383 e. The van der Waals surface area contributed by atoms with E-state index >= 15 is 0 Å². The van der Waals surface area contributed by atoms with Crippen LogP contribution in [0, 0.1) is 0 Å². The number of H-pyrrole nitrogens is 1. The van der Waals surface area contributed by atoms with Gasteiger partial charge in [-0.15, -0.1) is 0 Å². The third kappa shape index (κ3) is 2.02. The molecule has 1 aliphatic rings. The van der Waals surface area contributed by atoms with E-state index in [0.29, 0.717) is 5.82 Å². The minimum Gasteiger partial charge on any atom is -0.383 e. The van der Waals surface area contributed by atoms with Gasteiger partial charge in [-0.3, -0.25) is 10.1 Å². The normalized spacial score (nSPS) is 18.1. The summed E-state index contributed by atoms with van der Waals surface area (Å²) >= 11 is 3.58. The predicted octanol–water partition coefficient (Wildman–Crippen LogP) is 2.41. The lowest BCUT2D eigenvalue weighted by Crippen LogP contribution is -2.14. The molecular weight excluding hydrogens is 346 g/mol. The van der Waals surface area contributed by atoms with Crippen molar-refractivity contribution in [3.05, 3.63) is 28.8 Å². The summed E-state index contributed by atoms with van der Waals surface area (Å²) in [5.41, 5.74) is 9.79. The summed E-state index contributed by atoms with van der Waals surface area (Å²) in [6.07, 6.45) is 9.31. The molecule has 3 aromatic heterocycles. The number of hydrogen-bond acceptors (Lipinski definition) is 5. The smallest absolute Gasteiger partial charge is 0.165 e. The van der Waals surface area contributed by atoms with Crippen LogP contribution in [0.3, 0.4) is 0 Å². The van der Waals surface area contributed by atoms with E-state index in [1.807, 2.05) is 12.4 Å². The molecule has 0 saturated heterocycles. The van der Waals surface area contributed by atoms with Crippen LogP contribution in [0.4, 0.5) is 5.82 Å². The van der Waals surface area contributed by atoms with E-state index in [2.05, 4.69) is 36.2 Å². The number of halogens is 1. The molecule has 1 aliphatic heterocycles. The van der Waals surface area contributed by atoms with Crippen LogP contribution in [-0.2, 0) is 0 Å². The Morgan fingerprint density at radius 2 is 2.27 bits per heavy atom. The SMILES string of the molecule is Nc1c(Br)c(C2CCC=NC2)nc2c(-c3cn[nH]c3)cnn12. The minimum atomic E-state index is 0.277. The molecule has 8 heteroatoms. The van der Waals surface area contributed by atoms with E-state index in [0.717, 1.165) is 46.3 Å². The van der Waals surface area contributed by atoms with Crippen molar-refractivity contribution >= 4 is 33.6 Å². The lowest BCUT2D eigenvalue weighted by atomic mass is 9.97. The molecule has 3 aromatic rings. The lowest BCUT2D eigenvalue weighted by Gasteiger charge is -2.19. The summed E-state index contributed by atoms with van der Waals surface area (Å²) in [4.78, 5) is 9.21. The molecule has 22 heavy (non-hydrogen) atoms. The van der Waals surface area contributed by atoms with Crippen molar-refractivity contribution in [2.45, 2.75) is 18.8 Å². The zero-order chi connectivity index (χ0) is 15.1. The van der Waals surface area contributed by atoms with Gasteiger partial charge in [0.05, 0.1) is 22.6 Å². The molecule has 0 spiro atoms. The van der Waals surface area contributed by atoms with Gasteiger partial charge in [-0.1, -0.05) is 0 Å². The quantitative estimate of drug-likeness (QED) is 0.733. The van der Waals surface area contributed by atoms with Crippen molar-refractivity contribution in [2.75, 3.05) is 12.3 Å². The van der Waals surface area contributed by atoms with Crippen LogP contribution >= 0.6 is 15.9 Å². The summed E-state index contributed by atoms with van der Waals surface area (Å²) in [6.45, 7) is 0.746. The number of rotatable bonds is 2. The predicted molar refractivity (Wildman–Crippen MR) is 88.0 cm³/mol. The Labute approximate surface area is 134 Å². The monoisotopic (exact) mass is 359 g/mol. The Bertz CT molecular complexity index is 850. The lowest BCUT2D eigenvalue weighted by molar-refractivity contribution is 0.614. The van der Waals surface area contributed by atoms with Crippen molar-refractivity contribution in [3.63, 3.8) is 0 Å². The van der Waals surface area contributed by atoms with Gasteiger partial charge in [0.2, 0.25) is 0 Å². The molecule has 112 valence electrons. The van der Waals surface area contributed by atoms with E-state index in [1.165, 1.54) is 0 Å². The van der Waals surface area contributed by atoms with Gasteiger partial charge in [0.1, 0.15) is 5.82 Å². The summed E-state index contributed by atoms with van der Waals surface area (Å²) in [6, 6.07) is 0. The number of hydrogen-bond donors (Lipinski definition) is 2. The van der Waals surface area contributed by atoms with Gasteiger partial charge in [-0.2, -0.15) is 14.7 Å². The fraction of sp³-hybridized carbons (Fsp3) is 0.286. The van der Waals surface area contributed by atoms with E-state index in [9.17, 15) is 0 Å². The zero-order valence-corrected chi connectivity index (χ0v) is 13.3. The molecule has 1 atom stereocenters. The average molecular weight is 360 g/mol. The maximum absolute atomic E-state index is 6.24. The summed E-state index contributed by atoms with van der Waals surface area (Å²) < 4.78 is 2.46. The van der Waals surface area contributed by atoms with Gasteiger partial charge < -0.3 is 5.73 Å². The van der Waals surface area contributed by atoms with Gasteiger partial charge in [-0.05, 0) is 35.0 Å². The molecule has 0 radical (unpaired) electrons. The molecule has 1 unspecified atom stereocenters. The Balaban J connectivity index is 1.92. The average Bonchev–Trinajstić information content (AvgIpc) is 3.20. The maximum Gasteiger partial charge on any atom is 0.165 e. The molecule has 0 aliphatic carbocycles. The van der Waals surface area contributed by atoms with Crippen LogP contribution in [0.15, 0.2) is 28.1 Å². The van der Waals surface area contributed by atoms with Crippen molar-refractivity contribution in [3.8, 4) is 11.1 Å². The van der Waals surface area contributed by atoms with Gasteiger partial charge in [-0.25, -0.2) is 4.98 Å². The number of nitrogens with one attached hydrogen (secondary N) is 1. The number of aliphatic imine (C=N–C) groups is 1. The third-order valence-electron chi connectivity index (χ3n) is 3.94.